The second-order valence-corrected chi connectivity index (χ2v) is 20.4. The van der Waals surface area contributed by atoms with E-state index in [2.05, 4.69) is 259 Å². The number of anilines is 6. The molecule has 338 valence electrons. The number of benzene rings is 10. The number of fused-ring (bicyclic) bond motifs is 1. The molecule has 4 aliphatic carbocycles. The molecule has 0 saturated heterocycles. The smallest absolute Gasteiger partial charge is 0.0468 e. The summed E-state index contributed by atoms with van der Waals surface area (Å²) in [5.74, 6) is 2.78. The highest BCUT2D eigenvalue weighted by molar-refractivity contribution is 5.91. The summed E-state index contributed by atoms with van der Waals surface area (Å²) in [6, 6.07) is 91.6. The largest absolute Gasteiger partial charge is 0.310 e. The van der Waals surface area contributed by atoms with Crippen LogP contribution in [0.3, 0.4) is 0 Å². The molecule has 70 heavy (non-hydrogen) atoms. The second kappa shape index (κ2) is 17.9. The first-order valence-electron chi connectivity index (χ1n) is 25.4. The summed E-state index contributed by atoms with van der Waals surface area (Å²) in [5.41, 5.74) is 18.3. The van der Waals surface area contributed by atoms with Crippen LogP contribution in [0.25, 0.3) is 55.3 Å². The molecule has 4 fully saturated rings. The summed E-state index contributed by atoms with van der Waals surface area (Å²) in [4.78, 5) is 4.83. The zero-order valence-corrected chi connectivity index (χ0v) is 39.5. The van der Waals surface area contributed by atoms with E-state index in [-0.39, 0.29) is 0 Å². The van der Waals surface area contributed by atoms with Gasteiger partial charge in [-0.05, 0) is 195 Å². The average molecular weight is 901 g/mol. The molecule has 0 spiro atoms. The average Bonchev–Trinajstić information content (AvgIpc) is 3.42. The van der Waals surface area contributed by atoms with Gasteiger partial charge in [0.2, 0.25) is 0 Å². The molecule has 10 aromatic carbocycles. The van der Waals surface area contributed by atoms with Crippen LogP contribution in [0.5, 0.6) is 0 Å². The first-order chi connectivity index (χ1) is 34.6. The van der Waals surface area contributed by atoms with Crippen molar-refractivity contribution in [2.24, 2.45) is 17.8 Å². The Morgan fingerprint density at radius 2 is 0.629 bits per heavy atom. The zero-order valence-electron chi connectivity index (χ0n) is 39.5. The molecule has 0 unspecified atom stereocenters. The molecule has 10 aromatic rings. The van der Waals surface area contributed by atoms with Gasteiger partial charge < -0.3 is 9.80 Å². The van der Waals surface area contributed by atoms with Crippen molar-refractivity contribution in [2.75, 3.05) is 9.80 Å². The summed E-state index contributed by atoms with van der Waals surface area (Å²) in [6.45, 7) is 0. The number of hydrogen-bond acceptors (Lipinski definition) is 2. The summed E-state index contributed by atoms with van der Waals surface area (Å²) in [5, 5.41) is 2.50. The molecule has 0 radical (unpaired) electrons. The third-order valence-electron chi connectivity index (χ3n) is 16.0. The van der Waals surface area contributed by atoms with Crippen LogP contribution < -0.4 is 9.80 Å². The maximum atomic E-state index is 2.48. The highest BCUT2D eigenvalue weighted by Crippen LogP contribution is 2.61. The minimum atomic E-state index is 0.375. The van der Waals surface area contributed by atoms with Crippen LogP contribution in [-0.2, 0) is 5.41 Å². The maximum absolute atomic E-state index is 2.48. The molecule has 14 rings (SSSR count). The minimum absolute atomic E-state index is 0.375. The fourth-order valence-electron chi connectivity index (χ4n) is 13.1. The van der Waals surface area contributed by atoms with E-state index in [1.165, 1.54) is 105 Å². The van der Waals surface area contributed by atoms with Gasteiger partial charge in [0.25, 0.3) is 0 Å². The lowest BCUT2D eigenvalue weighted by molar-refractivity contribution is -0.00518. The molecule has 4 aliphatic rings. The second-order valence-electron chi connectivity index (χ2n) is 20.4. The van der Waals surface area contributed by atoms with E-state index < -0.39 is 0 Å². The summed E-state index contributed by atoms with van der Waals surface area (Å²) in [6.07, 6.45) is 8.55. The fourth-order valence-corrected chi connectivity index (χ4v) is 13.1. The van der Waals surface area contributed by atoms with Gasteiger partial charge in [-0.1, -0.05) is 176 Å². The van der Waals surface area contributed by atoms with Crippen LogP contribution in [0, 0.1) is 17.8 Å². The highest BCUT2D eigenvalue weighted by atomic mass is 15.1. The molecule has 0 amide bonds. The van der Waals surface area contributed by atoms with Gasteiger partial charge in [-0.2, -0.15) is 0 Å². The van der Waals surface area contributed by atoms with Crippen molar-refractivity contribution in [3.63, 3.8) is 0 Å². The first-order valence-corrected chi connectivity index (χ1v) is 25.4. The molecule has 0 atom stereocenters. The molecule has 0 aromatic heterocycles. The van der Waals surface area contributed by atoms with Crippen molar-refractivity contribution in [3.8, 4) is 44.5 Å². The van der Waals surface area contributed by atoms with Crippen LogP contribution in [0.2, 0.25) is 0 Å². The normalized spacial score (nSPS) is 19.0. The molecule has 0 aliphatic heterocycles. The zero-order chi connectivity index (χ0) is 46.4. The molecular weight excluding hydrogens is 845 g/mol. The van der Waals surface area contributed by atoms with Crippen LogP contribution in [0.4, 0.5) is 34.1 Å². The van der Waals surface area contributed by atoms with Gasteiger partial charge in [-0.25, -0.2) is 0 Å². The summed E-state index contributed by atoms with van der Waals surface area (Å²) in [7, 11) is 0. The standard InChI is InChI=1S/C68H56N2/c1-4-12-51(13-5-1)53-20-29-61(30-21-53)70(65-38-39-66(56-15-6-2-7-16-56)67(44-65)57-17-8-3-9-18-57)62-33-24-55(25-34-62)54-22-31-60(32-23-54)69(64-35-26-52-14-10-11-19-58(52)43-64)63-36-27-59(28-37-63)68-45-48-40-49(46-68)42-50(41-48)47-68/h1-39,43-44,48-50H,40-42,45-47H2. The molecule has 2 nitrogen and oxygen atoms in total. The third-order valence-corrected chi connectivity index (χ3v) is 16.0. The lowest BCUT2D eigenvalue weighted by Gasteiger charge is -2.57. The van der Waals surface area contributed by atoms with Gasteiger partial charge in [0.05, 0.1) is 0 Å². The summed E-state index contributed by atoms with van der Waals surface area (Å²) < 4.78 is 0. The van der Waals surface area contributed by atoms with Gasteiger partial charge in [-0.3, -0.25) is 0 Å². The Bertz CT molecular complexity index is 3380. The molecule has 4 saturated carbocycles. The fraction of sp³-hybridized carbons (Fsp3) is 0.147. The van der Waals surface area contributed by atoms with E-state index in [9.17, 15) is 0 Å². The van der Waals surface area contributed by atoms with Crippen LogP contribution in [0.15, 0.2) is 249 Å². The summed E-state index contributed by atoms with van der Waals surface area (Å²) >= 11 is 0. The third kappa shape index (κ3) is 7.98. The molecule has 2 heteroatoms. The topological polar surface area (TPSA) is 6.48 Å². The number of rotatable bonds is 11. The highest BCUT2D eigenvalue weighted by Gasteiger charge is 2.51. The van der Waals surface area contributed by atoms with Gasteiger partial charge in [0.15, 0.2) is 0 Å². The predicted molar refractivity (Wildman–Crippen MR) is 295 cm³/mol. The Balaban J connectivity index is 0.846. The molecule has 4 bridgehead atoms. The van der Waals surface area contributed by atoms with Crippen molar-refractivity contribution in [1.82, 2.24) is 0 Å². The Morgan fingerprint density at radius 3 is 1.11 bits per heavy atom. The van der Waals surface area contributed by atoms with E-state index >= 15 is 0 Å². The Hall–Kier alpha value is -7.94. The lowest BCUT2D eigenvalue weighted by Crippen LogP contribution is -2.48. The van der Waals surface area contributed by atoms with E-state index in [1.807, 2.05) is 0 Å². The van der Waals surface area contributed by atoms with E-state index in [0.29, 0.717) is 5.41 Å². The van der Waals surface area contributed by atoms with Crippen molar-refractivity contribution >= 4 is 44.9 Å². The molecule has 0 heterocycles. The van der Waals surface area contributed by atoms with Crippen LogP contribution >= 0.6 is 0 Å². The molecular formula is C68H56N2. The lowest BCUT2D eigenvalue weighted by atomic mass is 9.48. The van der Waals surface area contributed by atoms with Gasteiger partial charge in [0.1, 0.15) is 0 Å². The van der Waals surface area contributed by atoms with Crippen molar-refractivity contribution in [3.05, 3.63) is 254 Å². The Labute approximate surface area is 413 Å². The molecule has 0 N–H and O–H groups in total. The Kier molecular flexibility index (Phi) is 10.8. The van der Waals surface area contributed by atoms with E-state index in [1.54, 1.807) is 5.56 Å². The number of hydrogen-bond donors (Lipinski definition) is 0. The van der Waals surface area contributed by atoms with Crippen molar-refractivity contribution < 1.29 is 0 Å². The van der Waals surface area contributed by atoms with Gasteiger partial charge >= 0.3 is 0 Å². The van der Waals surface area contributed by atoms with Crippen molar-refractivity contribution in [1.29, 1.82) is 0 Å². The SMILES string of the molecule is c1ccc(-c2ccc(N(c3ccc(-c4ccc(N(c5ccc(C67CC8CC(CC(C8)C6)C7)cc5)c5ccc6ccccc6c5)cc4)cc3)c3ccc(-c4ccccc4)c(-c4ccccc4)c3)cc2)cc1. The van der Waals surface area contributed by atoms with Gasteiger partial charge in [-0.15, -0.1) is 0 Å². The van der Waals surface area contributed by atoms with Crippen LogP contribution in [0.1, 0.15) is 44.1 Å². The first kappa shape index (κ1) is 42.2. The van der Waals surface area contributed by atoms with Crippen molar-refractivity contribution in [2.45, 2.75) is 43.9 Å². The van der Waals surface area contributed by atoms with E-state index in [4.69, 9.17) is 0 Å². The minimum Gasteiger partial charge on any atom is -0.310 e. The Morgan fingerprint density at radius 1 is 0.271 bits per heavy atom. The monoisotopic (exact) mass is 900 g/mol. The van der Waals surface area contributed by atoms with Gasteiger partial charge in [0, 0.05) is 34.1 Å². The predicted octanol–water partition coefficient (Wildman–Crippen LogP) is 18.9. The van der Waals surface area contributed by atoms with E-state index in [0.717, 1.165) is 40.5 Å². The quantitative estimate of drug-likeness (QED) is 0.128. The van der Waals surface area contributed by atoms with Crippen LogP contribution in [-0.4, -0.2) is 0 Å². The maximum Gasteiger partial charge on any atom is 0.0468 e. The number of nitrogens with zero attached hydrogens (tertiary/aromatic N) is 2.